The van der Waals surface area contributed by atoms with Gasteiger partial charge in [-0.3, -0.25) is 14.5 Å². The molecule has 120 valence electrons. The lowest BCUT2D eigenvalue weighted by Gasteiger charge is -2.08. The molecule has 9 heteroatoms. The quantitative estimate of drug-likeness (QED) is 0.639. The van der Waals surface area contributed by atoms with Crippen molar-refractivity contribution in [1.82, 2.24) is 15.0 Å². The van der Waals surface area contributed by atoms with Gasteiger partial charge in [0.15, 0.2) is 0 Å². The van der Waals surface area contributed by atoms with E-state index in [0.717, 1.165) is 27.1 Å². The minimum absolute atomic E-state index is 0.0242. The van der Waals surface area contributed by atoms with Gasteiger partial charge in [0.05, 0.1) is 4.91 Å². The van der Waals surface area contributed by atoms with Crippen LogP contribution in [0.3, 0.4) is 0 Å². The number of nitrogens with zero attached hydrogens (tertiary/aromatic N) is 3. The van der Waals surface area contributed by atoms with E-state index in [9.17, 15) is 9.59 Å². The molecule has 0 radical (unpaired) electrons. The van der Waals surface area contributed by atoms with Gasteiger partial charge in [0.25, 0.3) is 11.1 Å². The summed E-state index contributed by atoms with van der Waals surface area (Å²) in [5.74, 6) is 0.344. The highest BCUT2D eigenvalue weighted by atomic mass is 32.2. The highest BCUT2D eigenvalue weighted by Crippen LogP contribution is 2.34. The van der Waals surface area contributed by atoms with E-state index in [1.807, 2.05) is 34.3 Å². The maximum atomic E-state index is 12.4. The molecule has 0 unspecified atom stereocenters. The third-order valence-corrected chi connectivity index (χ3v) is 5.64. The van der Waals surface area contributed by atoms with Crippen molar-refractivity contribution in [3.63, 3.8) is 0 Å². The third-order valence-electron chi connectivity index (χ3n) is 3.23. The number of carbonyl (C=O) groups is 2. The fourth-order valence-corrected chi connectivity index (χ4v) is 4.30. The lowest BCUT2D eigenvalue weighted by Crippen LogP contribution is -2.27. The topological polar surface area (TPSA) is 76.3 Å². The Morgan fingerprint density at radius 2 is 2.17 bits per heavy atom. The van der Waals surface area contributed by atoms with E-state index in [4.69, 9.17) is 4.52 Å². The van der Waals surface area contributed by atoms with E-state index in [0.29, 0.717) is 10.7 Å². The standard InChI is InChI=1S/C15H9N3O3S3/c19-14-11(6-10-2-1-4-23-10)24-15(20)18(14)7-12-16-13(17-21-12)9-3-5-22-8-9/h1-6,8H,7H2/b11-6-. The number of hydrogen-bond acceptors (Lipinski definition) is 8. The van der Waals surface area contributed by atoms with E-state index in [1.54, 1.807) is 6.08 Å². The van der Waals surface area contributed by atoms with Crippen molar-refractivity contribution in [2.45, 2.75) is 6.54 Å². The summed E-state index contributed by atoms with van der Waals surface area (Å²) in [6.45, 7) is -0.0242. The number of hydrogen-bond donors (Lipinski definition) is 0. The number of thiophene rings is 2. The normalized spacial score (nSPS) is 16.5. The molecule has 4 heterocycles. The molecule has 1 saturated heterocycles. The van der Waals surface area contributed by atoms with Gasteiger partial charge in [0.1, 0.15) is 6.54 Å². The predicted molar refractivity (Wildman–Crippen MR) is 93.4 cm³/mol. The van der Waals surface area contributed by atoms with E-state index < -0.39 is 0 Å². The molecular weight excluding hydrogens is 366 g/mol. The van der Waals surface area contributed by atoms with Crippen LogP contribution in [-0.4, -0.2) is 26.2 Å². The monoisotopic (exact) mass is 375 g/mol. The van der Waals surface area contributed by atoms with Gasteiger partial charge in [-0.2, -0.15) is 16.3 Å². The number of thioether (sulfide) groups is 1. The molecule has 0 N–H and O–H groups in total. The maximum Gasteiger partial charge on any atom is 0.294 e. The van der Waals surface area contributed by atoms with Gasteiger partial charge < -0.3 is 4.52 Å². The number of amides is 2. The molecule has 0 atom stereocenters. The summed E-state index contributed by atoms with van der Waals surface area (Å²) >= 11 is 3.96. The van der Waals surface area contributed by atoms with E-state index in [2.05, 4.69) is 10.1 Å². The zero-order valence-electron chi connectivity index (χ0n) is 12.0. The summed E-state index contributed by atoms with van der Waals surface area (Å²) < 4.78 is 5.16. The van der Waals surface area contributed by atoms with E-state index >= 15 is 0 Å². The fraction of sp³-hybridized carbons (Fsp3) is 0.0667. The highest BCUT2D eigenvalue weighted by Gasteiger charge is 2.36. The lowest BCUT2D eigenvalue weighted by atomic mass is 10.3. The first-order valence-corrected chi connectivity index (χ1v) is 9.48. The van der Waals surface area contributed by atoms with Gasteiger partial charge in [-0.25, -0.2) is 0 Å². The molecule has 1 fully saturated rings. The molecule has 0 bridgehead atoms. The van der Waals surface area contributed by atoms with Crippen LogP contribution >= 0.6 is 34.4 Å². The summed E-state index contributed by atoms with van der Waals surface area (Å²) in [6.07, 6.45) is 1.72. The second kappa shape index (κ2) is 6.34. The number of carbonyl (C=O) groups excluding carboxylic acids is 2. The maximum absolute atomic E-state index is 12.4. The Hall–Kier alpha value is -2.23. The molecule has 4 rings (SSSR count). The first-order chi connectivity index (χ1) is 11.7. The van der Waals surface area contributed by atoms with Crippen LogP contribution in [0.4, 0.5) is 4.79 Å². The summed E-state index contributed by atoms with van der Waals surface area (Å²) in [5.41, 5.74) is 0.849. The minimum atomic E-state index is -0.339. The van der Waals surface area contributed by atoms with Gasteiger partial charge in [-0.15, -0.1) is 11.3 Å². The Bertz CT molecular complexity index is 913. The number of rotatable bonds is 4. The molecule has 0 aliphatic carbocycles. The molecule has 0 aromatic carbocycles. The van der Waals surface area contributed by atoms with Gasteiger partial charge >= 0.3 is 0 Å². The van der Waals surface area contributed by atoms with Crippen LogP contribution in [0.1, 0.15) is 10.8 Å². The predicted octanol–water partition coefficient (Wildman–Crippen LogP) is 4.10. The molecule has 6 nitrogen and oxygen atoms in total. The van der Waals surface area contributed by atoms with Crippen LogP contribution < -0.4 is 0 Å². The van der Waals surface area contributed by atoms with Crippen LogP contribution in [0.25, 0.3) is 17.5 Å². The molecular formula is C15H9N3O3S3. The Morgan fingerprint density at radius 3 is 2.92 bits per heavy atom. The first-order valence-electron chi connectivity index (χ1n) is 6.85. The average molecular weight is 375 g/mol. The molecule has 0 spiro atoms. The van der Waals surface area contributed by atoms with Crippen molar-refractivity contribution >= 4 is 51.7 Å². The van der Waals surface area contributed by atoms with Gasteiger partial charge in [-0.05, 0) is 40.7 Å². The van der Waals surface area contributed by atoms with Crippen molar-refractivity contribution in [2.24, 2.45) is 0 Å². The van der Waals surface area contributed by atoms with Crippen LogP contribution in [0.15, 0.2) is 43.8 Å². The van der Waals surface area contributed by atoms with Crippen LogP contribution in [0.5, 0.6) is 0 Å². The van der Waals surface area contributed by atoms with Crippen molar-refractivity contribution in [1.29, 1.82) is 0 Å². The number of imide groups is 1. The fourth-order valence-electron chi connectivity index (χ4n) is 2.10. The summed E-state index contributed by atoms with van der Waals surface area (Å²) in [7, 11) is 0. The Balaban J connectivity index is 1.52. The molecule has 3 aromatic heterocycles. The summed E-state index contributed by atoms with van der Waals surface area (Å²) in [5, 5.41) is 9.28. The third kappa shape index (κ3) is 2.93. The van der Waals surface area contributed by atoms with Gasteiger partial charge in [0, 0.05) is 15.8 Å². The Kier molecular flexibility index (Phi) is 4.05. The number of aromatic nitrogens is 2. The Morgan fingerprint density at radius 1 is 1.25 bits per heavy atom. The zero-order valence-corrected chi connectivity index (χ0v) is 14.5. The van der Waals surface area contributed by atoms with Crippen molar-refractivity contribution in [3.05, 3.63) is 50.0 Å². The van der Waals surface area contributed by atoms with Crippen LogP contribution in [-0.2, 0) is 11.3 Å². The summed E-state index contributed by atoms with van der Waals surface area (Å²) in [6, 6.07) is 5.66. The van der Waals surface area contributed by atoms with Crippen LogP contribution in [0, 0.1) is 0 Å². The summed E-state index contributed by atoms with van der Waals surface area (Å²) in [4.78, 5) is 31.2. The molecule has 3 aromatic rings. The highest BCUT2D eigenvalue weighted by molar-refractivity contribution is 8.18. The molecule has 1 aliphatic rings. The van der Waals surface area contributed by atoms with Gasteiger partial charge in [-0.1, -0.05) is 11.2 Å². The van der Waals surface area contributed by atoms with E-state index in [-0.39, 0.29) is 23.6 Å². The molecule has 1 aliphatic heterocycles. The second-order valence-corrected chi connectivity index (χ2v) is 7.56. The molecule has 0 saturated carbocycles. The van der Waals surface area contributed by atoms with E-state index in [1.165, 1.54) is 22.7 Å². The van der Waals surface area contributed by atoms with Crippen molar-refractivity contribution in [3.8, 4) is 11.4 Å². The lowest BCUT2D eigenvalue weighted by molar-refractivity contribution is -0.123. The Labute approximate surface area is 148 Å². The van der Waals surface area contributed by atoms with Gasteiger partial charge in [0.2, 0.25) is 11.7 Å². The largest absolute Gasteiger partial charge is 0.337 e. The SMILES string of the molecule is O=C1S/C(=C\c2cccs2)C(=O)N1Cc1nc(-c2ccsc2)no1. The molecule has 2 amide bonds. The molecule has 24 heavy (non-hydrogen) atoms. The second-order valence-electron chi connectivity index (χ2n) is 4.81. The smallest absolute Gasteiger partial charge is 0.294 e. The van der Waals surface area contributed by atoms with Crippen molar-refractivity contribution < 1.29 is 14.1 Å². The average Bonchev–Trinajstić information content (AvgIpc) is 3.33. The first kappa shape index (κ1) is 15.3. The van der Waals surface area contributed by atoms with Crippen molar-refractivity contribution in [2.75, 3.05) is 0 Å². The van der Waals surface area contributed by atoms with Crippen LogP contribution in [0.2, 0.25) is 0 Å². The zero-order chi connectivity index (χ0) is 16.5. The minimum Gasteiger partial charge on any atom is -0.337 e.